The predicted octanol–water partition coefficient (Wildman–Crippen LogP) is 1.99. The number of hydrogen-bond acceptors (Lipinski definition) is 4. The van der Waals surface area contributed by atoms with Crippen LogP contribution in [0.15, 0.2) is 22.7 Å². The highest BCUT2D eigenvalue weighted by Crippen LogP contribution is 2.27. The predicted molar refractivity (Wildman–Crippen MR) is 70.9 cm³/mol. The largest absolute Gasteiger partial charge is 0.388 e. The van der Waals surface area contributed by atoms with Crippen LogP contribution in [0, 0.1) is 5.82 Å². The summed E-state index contributed by atoms with van der Waals surface area (Å²) >= 11 is 3.14. The fraction of sp³-hybridized carbons (Fsp3) is 0.333. The maximum absolute atomic E-state index is 14.1. The molecule has 0 atom stereocenters. The van der Waals surface area contributed by atoms with Gasteiger partial charge in [0.25, 0.3) is 0 Å². The van der Waals surface area contributed by atoms with E-state index in [4.69, 9.17) is 4.74 Å². The zero-order chi connectivity index (χ0) is 13.8. The zero-order valence-corrected chi connectivity index (χ0v) is 11.9. The van der Waals surface area contributed by atoms with Crippen molar-refractivity contribution in [3.05, 3.63) is 34.3 Å². The summed E-state index contributed by atoms with van der Waals surface area (Å²) < 4.78 is 21.1. The average Bonchev–Trinajstić information content (AvgIpc) is 2.82. The van der Waals surface area contributed by atoms with Gasteiger partial charge in [-0.3, -0.25) is 0 Å². The number of ether oxygens (including phenoxy) is 1. The van der Waals surface area contributed by atoms with E-state index in [-0.39, 0.29) is 6.61 Å². The Labute approximate surface area is 118 Å². The molecule has 1 heterocycles. The summed E-state index contributed by atoms with van der Waals surface area (Å²) in [6.45, 7) is 0.612. The molecule has 0 amide bonds. The van der Waals surface area contributed by atoms with Crippen molar-refractivity contribution < 1.29 is 14.2 Å². The first-order valence-corrected chi connectivity index (χ1v) is 6.44. The third kappa shape index (κ3) is 2.83. The van der Waals surface area contributed by atoms with Gasteiger partial charge in [-0.05, 0) is 28.1 Å². The number of benzene rings is 1. The average molecular weight is 330 g/mol. The number of aromatic nitrogens is 3. The van der Waals surface area contributed by atoms with Gasteiger partial charge in [0.15, 0.2) is 11.6 Å². The second-order valence-corrected chi connectivity index (χ2v) is 4.70. The van der Waals surface area contributed by atoms with E-state index >= 15 is 0 Å². The Morgan fingerprint density at radius 2 is 2.21 bits per heavy atom. The Morgan fingerprint density at radius 1 is 1.42 bits per heavy atom. The van der Waals surface area contributed by atoms with Gasteiger partial charge in [-0.15, -0.1) is 10.2 Å². The van der Waals surface area contributed by atoms with Crippen molar-refractivity contribution in [2.24, 2.45) is 0 Å². The van der Waals surface area contributed by atoms with Crippen LogP contribution >= 0.6 is 15.9 Å². The summed E-state index contributed by atoms with van der Waals surface area (Å²) in [6.07, 6.45) is 0. The van der Waals surface area contributed by atoms with E-state index in [1.165, 1.54) is 0 Å². The Balaban J connectivity index is 2.49. The smallest absolute Gasteiger partial charge is 0.167 e. The minimum Gasteiger partial charge on any atom is -0.388 e. The number of aliphatic hydroxyl groups is 1. The molecule has 2 rings (SSSR count). The van der Waals surface area contributed by atoms with E-state index in [0.29, 0.717) is 34.8 Å². The topological polar surface area (TPSA) is 60.2 Å². The van der Waals surface area contributed by atoms with Crippen LogP contribution in [0.1, 0.15) is 5.82 Å². The van der Waals surface area contributed by atoms with Gasteiger partial charge in [0.2, 0.25) is 0 Å². The minimum atomic E-state index is -0.405. The normalized spacial score (nSPS) is 10.9. The summed E-state index contributed by atoms with van der Waals surface area (Å²) in [7, 11) is 1.57. The van der Waals surface area contributed by atoms with Gasteiger partial charge in [-0.25, -0.2) is 4.39 Å². The molecule has 0 saturated carbocycles. The number of halogens is 2. The second-order valence-electron chi connectivity index (χ2n) is 3.84. The van der Waals surface area contributed by atoms with Crippen molar-refractivity contribution in [1.29, 1.82) is 0 Å². The van der Waals surface area contributed by atoms with Crippen LogP contribution in [0.25, 0.3) is 11.4 Å². The van der Waals surface area contributed by atoms with Crippen LogP contribution in [0.2, 0.25) is 0 Å². The molecule has 0 radical (unpaired) electrons. The van der Waals surface area contributed by atoms with Gasteiger partial charge in [0, 0.05) is 13.7 Å². The molecule has 5 nitrogen and oxygen atoms in total. The SMILES string of the molecule is COCCn1c(CO)nnc1-c1cccc(Br)c1F. The molecule has 102 valence electrons. The summed E-state index contributed by atoms with van der Waals surface area (Å²) in [5.41, 5.74) is 0.331. The third-order valence-corrected chi connectivity index (χ3v) is 3.29. The van der Waals surface area contributed by atoms with Crippen molar-refractivity contribution in [3.63, 3.8) is 0 Å². The molecule has 1 aromatic carbocycles. The first kappa shape index (κ1) is 14.1. The van der Waals surface area contributed by atoms with Crippen LogP contribution in [0.3, 0.4) is 0 Å². The Hall–Kier alpha value is -1.31. The maximum atomic E-state index is 14.1. The first-order valence-electron chi connectivity index (χ1n) is 5.65. The van der Waals surface area contributed by atoms with Crippen LogP contribution in [0.5, 0.6) is 0 Å². The molecular weight excluding hydrogens is 317 g/mol. The molecule has 0 aliphatic rings. The van der Waals surface area contributed by atoms with E-state index < -0.39 is 5.82 Å². The molecule has 1 N–H and O–H groups in total. The summed E-state index contributed by atoms with van der Waals surface area (Å²) in [6, 6.07) is 4.95. The molecule has 0 bridgehead atoms. The maximum Gasteiger partial charge on any atom is 0.167 e. The Bertz CT molecular complexity index is 574. The number of hydrogen-bond donors (Lipinski definition) is 1. The molecule has 0 fully saturated rings. The van der Waals surface area contributed by atoms with E-state index in [0.717, 1.165) is 0 Å². The molecule has 0 spiro atoms. The molecule has 1 aromatic heterocycles. The molecule has 19 heavy (non-hydrogen) atoms. The Morgan fingerprint density at radius 3 is 2.89 bits per heavy atom. The number of methoxy groups -OCH3 is 1. The second kappa shape index (κ2) is 6.23. The van der Waals surface area contributed by atoms with E-state index in [1.54, 1.807) is 29.9 Å². The fourth-order valence-corrected chi connectivity index (χ4v) is 2.11. The van der Waals surface area contributed by atoms with Gasteiger partial charge in [0.1, 0.15) is 12.4 Å². The van der Waals surface area contributed by atoms with Crippen molar-refractivity contribution in [2.75, 3.05) is 13.7 Å². The zero-order valence-electron chi connectivity index (χ0n) is 10.3. The fourth-order valence-electron chi connectivity index (χ4n) is 1.75. The highest BCUT2D eigenvalue weighted by Gasteiger charge is 2.17. The van der Waals surface area contributed by atoms with Crippen molar-refractivity contribution in [3.8, 4) is 11.4 Å². The van der Waals surface area contributed by atoms with Gasteiger partial charge in [-0.2, -0.15) is 0 Å². The van der Waals surface area contributed by atoms with Crippen molar-refractivity contribution in [2.45, 2.75) is 13.2 Å². The lowest BCUT2D eigenvalue weighted by molar-refractivity contribution is 0.183. The summed E-state index contributed by atoms with van der Waals surface area (Å²) in [5.74, 6) is 0.351. The minimum absolute atomic E-state index is 0.258. The van der Waals surface area contributed by atoms with Gasteiger partial charge < -0.3 is 14.4 Å². The van der Waals surface area contributed by atoms with Crippen LogP contribution < -0.4 is 0 Å². The van der Waals surface area contributed by atoms with Crippen LogP contribution in [0.4, 0.5) is 4.39 Å². The first-order chi connectivity index (χ1) is 9.19. The number of aliphatic hydroxyl groups excluding tert-OH is 1. The van der Waals surface area contributed by atoms with Crippen molar-refractivity contribution >= 4 is 15.9 Å². The van der Waals surface area contributed by atoms with E-state index in [9.17, 15) is 9.50 Å². The van der Waals surface area contributed by atoms with Crippen LogP contribution in [-0.4, -0.2) is 33.6 Å². The lowest BCUT2D eigenvalue weighted by Gasteiger charge is -2.09. The third-order valence-electron chi connectivity index (χ3n) is 2.68. The van der Waals surface area contributed by atoms with Gasteiger partial charge in [0.05, 0.1) is 16.6 Å². The molecule has 0 unspecified atom stereocenters. The highest BCUT2D eigenvalue weighted by molar-refractivity contribution is 9.10. The Kier molecular flexibility index (Phi) is 4.62. The number of nitrogens with zero attached hydrogens (tertiary/aromatic N) is 3. The number of rotatable bonds is 5. The molecule has 2 aromatic rings. The lowest BCUT2D eigenvalue weighted by atomic mass is 10.2. The molecule has 0 saturated heterocycles. The van der Waals surface area contributed by atoms with E-state index in [2.05, 4.69) is 26.1 Å². The lowest BCUT2D eigenvalue weighted by Crippen LogP contribution is -2.10. The monoisotopic (exact) mass is 329 g/mol. The highest BCUT2D eigenvalue weighted by atomic mass is 79.9. The standard InChI is InChI=1S/C12H13BrFN3O2/c1-19-6-5-17-10(7-18)15-16-12(17)8-3-2-4-9(13)11(8)14/h2-4,18H,5-7H2,1H3. The summed E-state index contributed by atoms with van der Waals surface area (Å²) in [5, 5.41) is 17.0. The molecule has 7 heteroatoms. The van der Waals surface area contributed by atoms with Gasteiger partial charge >= 0.3 is 0 Å². The molecular formula is C12H13BrFN3O2. The quantitative estimate of drug-likeness (QED) is 0.911. The van der Waals surface area contributed by atoms with Crippen LogP contribution in [-0.2, 0) is 17.9 Å². The van der Waals surface area contributed by atoms with E-state index in [1.807, 2.05) is 0 Å². The molecule has 0 aliphatic carbocycles. The molecule has 0 aliphatic heterocycles. The van der Waals surface area contributed by atoms with Gasteiger partial charge in [-0.1, -0.05) is 6.07 Å². The van der Waals surface area contributed by atoms with Crippen molar-refractivity contribution in [1.82, 2.24) is 14.8 Å². The summed E-state index contributed by atoms with van der Waals surface area (Å²) in [4.78, 5) is 0.